The Labute approximate surface area is 126 Å². The topological polar surface area (TPSA) is 32.8 Å². The van der Waals surface area contributed by atoms with Crippen LogP contribution in [0.4, 0.5) is 0 Å². The summed E-state index contributed by atoms with van der Waals surface area (Å²) in [6, 6.07) is 10.9. The Balaban J connectivity index is 1.62. The van der Waals surface area contributed by atoms with Crippen LogP contribution in [0.3, 0.4) is 0 Å². The van der Waals surface area contributed by atoms with Crippen molar-refractivity contribution in [2.24, 2.45) is 0 Å². The van der Waals surface area contributed by atoms with E-state index in [0.29, 0.717) is 19.2 Å². The molecule has 2 atom stereocenters. The van der Waals surface area contributed by atoms with E-state index in [-0.39, 0.29) is 12.0 Å². The third kappa shape index (κ3) is 3.44. The molecule has 0 radical (unpaired) electrons. The zero-order chi connectivity index (χ0) is 14.7. The van der Waals surface area contributed by atoms with Gasteiger partial charge in [0.05, 0.1) is 19.3 Å². The van der Waals surface area contributed by atoms with Crippen LogP contribution in [0, 0.1) is 0 Å². The Bertz CT molecular complexity index is 477. The molecule has 2 aliphatic rings. The maximum atomic E-state index is 12.5. The quantitative estimate of drug-likeness (QED) is 0.853. The summed E-state index contributed by atoms with van der Waals surface area (Å²) in [6.45, 7) is 5.70. The molecule has 0 saturated carbocycles. The van der Waals surface area contributed by atoms with Crippen molar-refractivity contribution in [2.45, 2.75) is 31.9 Å². The van der Waals surface area contributed by atoms with Crippen LogP contribution in [0.1, 0.15) is 31.4 Å². The van der Waals surface area contributed by atoms with Crippen LogP contribution >= 0.6 is 0 Å². The van der Waals surface area contributed by atoms with Gasteiger partial charge in [0.25, 0.3) is 0 Å². The van der Waals surface area contributed by atoms with Crippen molar-refractivity contribution in [2.75, 3.05) is 32.8 Å². The van der Waals surface area contributed by atoms with Gasteiger partial charge in [0.1, 0.15) is 0 Å². The number of benzene rings is 1. The lowest BCUT2D eigenvalue weighted by atomic mass is 10.0. The zero-order valence-corrected chi connectivity index (χ0v) is 12.7. The molecule has 1 amide bonds. The van der Waals surface area contributed by atoms with Crippen LogP contribution in [0.2, 0.25) is 0 Å². The minimum Gasteiger partial charge on any atom is -0.375 e. The van der Waals surface area contributed by atoms with Gasteiger partial charge in [-0.05, 0) is 31.9 Å². The average molecular weight is 288 g/mol. The van der Waals surface area contributed by atoms with Crippen molar-refractivity contribution in [1.29, 1.82) is 0 Å². The van der Waals surface area contributed by atoms with E-state index in [9.17, 15) is 4.79 Å². The fraction of sp³-hybridized carbons (Fsp3) is 0.588. The Morgan fingerprint density at radius 2 is 2.10 bits per heavy atom. The summed E-state index contributed by atoms with van der Waals surface area (Å²) in [5.74, 6) is 0.244. The van der Waals surface area contributed by atoms with Crippen LogP contribution in [0.25, 0.3) is 0 Å². The highest BCUT2D eigenvalue weighted by Gasteiger charge is 2.30. The molecule has 0 aromatic heterocycles. The van der Waals surface area contributed by atoms with Crippen LogP contribution in [0.5, 0.6) is 0 Å². The second-order valence-electron chi connectivity index (χ2n) is 6.06. The van der Waals surface area contributed by atoms with Crippen molar-refractivity contribution >= 4 is 5.91 Å². The van der Waals surface area contributed by atoms with Gasteiger partial charge >= 0.3 is 0 Å². The van der Waals surface area contributed by atoms with E-state index >= 15 is 0 Å². The Kier molecular flexibility index (Phi) is 4.56. The van der Waals surface area contributed by atoms with Gasteiger partial charge in [-0.3, -0.25) is 9.69 Å². The molecule has 2 saturated heterocycles. The Morgan fingerprint density at radius 1 is 1.29 bits per heavy atom. The summed E-state index contributed by atoms with van der Waals surface area (Å²) >= 11 is 0. The second kappa shape index (κ2) is 6.58. The second-order valence-corrected chi connectivity index (χ2v) is 6.06. The molecule has 114 valence electrons. The van der Waals surface area contributed by atoms with Gasteiger partial charge in [-0.15, -0.1) is 0 Å². The first-order valence-corrected chi connectivity index (χ1v) is 7.92. The molecular formula is C17H24N2O2. The molecule has 0 bridgehead atoms. The maximum absolute atomic E-state index is 12.5. The zero-order valence-electron chi connectivity index (χ0n) is 12.7. The molecule has 4 nitrogen and oxygen atoms in total. The molecule has 1 aromatic carbocycles. The van der Waals surface area contributed by atoms with E-state index in [1.807, 2.05) is 17.9 Å². The van der Waals surface area contributed by atoms with Gasteiger partial charge in [-0.1, -0.05) is 30.3 Å². The van der Waals surface area contributed by atoms with Crippen molar-refractivity contribution in [3.63, 3.8) is 0 Å². The highest BCUT2D eigenvalue weighted by Crippen LogP contribution is 2.31. The van der Waals surface area contributed by atoms with Crippen molar-refractivity contribution < 1.29 is 9.53 Å². The Morgan fingerprint density at radius 3 is 2.86 bits per heavy atom. The number of likely N-dealkylation sites (tertiary alicyclic amines) is 1. The minimum atomic E-state index is 0.159. The number of hydrogen-bond acceptors (Lipinski definition) is 3. The fourth-order valence-electron chi connectivity index (χ4n) is 3.39. The molecule has 0 N–H and O–H groups in total. The SMILES string of the molecule is C[C@@H]1CN(C(=O)CN2CCC[C@H]2c2ccccc2)CCO1. The summed E-state index contributed by atoms with van der Waals surface area (Å²) in [4.78, 5) is 16.8. The van der Waals surface area contributed by atoms with E-state index in [2.05, 4.69) is 29.2 Å². The van der Waals surface area contributed by atoms with Gasteiger partial charge in [-0.2, -0.15) is 0 Å². The number of carbonyl (C=O) groups excluding carboxylic acids is 1. The number of amides is 1. The molecule has 2 aliphatic heterocycles. The standard InChI is InChI=1S/C17H24N2O2/c1-14-12-19(10-11-21-14)17(20)13-18-9-5-8-16(18)15-6-3-2-4-7-15/h2-4,6-7,14,16H,5,8-13H2,1H3/t14-,16+/m1/s1. The lowest BCUT2D eigenvalue weighted by molar-refractivity contribution is -0.139. The maximum Gasteiger partial charge on any atom is 0.236 e. The molecule has 0 aliphatic carbocycles. The number of nitrogens with zero attached hydrogens (tertiary/aromatic N) is 2. The predicted molar refractivity (Wildman–Crippen MR) is 82.0 cm³/mol. The van der Waals surface area contributed by atoms with Crippen molar-refractivity contribution in [1.82, 2.24) is 9.80 Å². The van der Waals surface area contributed by atoms with E-state index in [1.54, 1.807) is 0 Å². The van der Waals surface area contributed by atoms with Gasteiger partial charge < -0.3 is 9.64 Å². The number of rotatable bonds is 3. The molecule has 0 spiro atoms. The van der Waals surface area contributed by atoms with Gasteiger partial charge in [0, 0.05) is 19.1 Å². The van der Waals surface area contributed by atoms with E-state index < -0.39 is 0 Å². The molecular weight excluding hydrogens is 264 g/mol. The highest BCUT2D eigenvalue weighted by atomic mass is 16.5. The lowest BCUT2D eigenvalue weighted by Gasteiger charge is -2.33. The number of ether oxygens (including phenoxy) is 1. The molecule has 1 aromatic rings. The van der Waals surface area contributed by atoms with Gasteiger partial charge in [0.15, 0.2) is 0 Å². The first-order chi connectivity index (χ1) is 10.2. The molecule has 21 heavy (non-hydrogen) atoms. The first kappa shape index (κ1) is 14.5. The van der Waals surface area contributed by atoms with Crippen LogP contribution in [-0.2, 0) is 9.53 Å². The van der Waals surface area contributed by atoms with E-state index in [4.69, 9.17) is 4.74 Å². The molecule has 0 unspecified atom stereocenters. The monoisotopic (exact) mass is 288 g/mol. The summed E-state index contributed by atoms with van der Waals surface area (Å²) in [6.07, 6.45) is 2.48. The summed E-state index contributed by atoms with van der Waals surface area (Å²) in [5.41, 5.74) is 1.33. The smallest absolute Gasteiger partial charge is 0.236 e. The van der Waals surface area contributed by atoms with Gasteiger partial charge in [-0.25, -0.2) is 0 Å². The fourth-order valence-corrected chi connectivity index (χ4v) is 3.39. The minimum absolute atomic E-state index is 0.159. The third-order valence-electron chi connectivity index (χ3n) is 4.48. The van der Waals surface area contributed by atoms with Crippen LogP contribution in [-0.4, -0.2) is 54.6 Å². The van der Waals surface area contributed by atoms with Gasteiger partial charge in [0.2, 0.25) is 5.91 Å². The van der Waals surface area contributed by atoms with Crippen molar-refractivity contribution in [3.05, 3.63) is 35.9 Å². The average Bonchev–Trinajstić information content (AvgIpc) is 2.96. The van der Waals surface area contributed by atoms with E-state index in [0.717, 1.165) is 26.1 Å². The molecule has 2 fully saturated rings. The summed E-state index contributed by atoms with van der Waals surface area (Å²) < 4.78 is 5.51. The molecule has 4 heteroatoms. The summed E-state index contributed by atoms with van der Waals surface area (Å²) in [7, 11) is 0. The normalized spacial score (nSPS) is 27.0. The highest BCUT2D eigenvalue weighted by molar-refractivity contribution is 5.78. The molecule has 2 heterocycles. The first-order valence-electron chi connectivity index (χ1n) is 7.92. The largest absolute Gasteiger partial charge is 0.375 e. The van der Waals surface area contributed by atoms with Crippen LogP contribution < -0.4 is 0 Å². The lowest BCUT2D eigenvalue weighted by Crippen LogP contribution is -2.48. The van der Waals surface area contributed by atoms with Crippen LogP contribution in [0.15, 0.2) is 30.3 Å². The third-order valence-corrected chi connectivity index (χ3v) is 4.48. The number of carbonyl (C=O) groups is 1. The summed E-state index contributed by atoms with van der Waals surface area (Å²) in [5, 5.41) is 0. The number of hydrogen-bond donors (Lipinski definition) is 0. The predicted octanol–water partition coefficient (Wildman–Crippen LogP) is 2.07. The van der Waals surface area contributed by atoms with Crippen molar-refractivity contribution in [3.8, 4) is 0 Å². The Hall–Kier alpha value is -1.39. The molecule has 3 rings (SSSR count). The van der Waals surface area contributed by atoms with E-state index in [1.165, 1.54) is 12.0 Å². The number of morpholine rings is 1.